The fraction of sp³-hybridized carbons (Fsp3) is 0.533. The minimum Gasteiger partial charge on any atom is -0.368 e. The predicted octanol–water partition coefficient (Wildman–Crippen LogP) is 2.36. The minimum absolute atomic E-state index is 0.0658. The van der Waals surface area contributed by atoms with Crippen molar-refractivity contribution >= 4 is 5.91 Å². The Kier molecular flexibility index (Phi) is 3.08. The average Bonchev–Trinajstić information content (AvgIpc) is 2.88. The molecule has 0 bridgehead atoms. The minimum atomic E-state index is -0.230. The molecule has 1 aliphatic carbocycles. The molecule has 1 aromatic rings. The zero-order chi connectivity index (χ0) is 12.4. The van der Waals surface area contributed by atoms with Crippen molar-refractivity contribution in [2.45, 2.75) is 43.7 Å². The van der Waals surface area contributed by atoms with E-state index in [1.54, 1.807) is 0 Å². The molecule has 1 heterocycles. The van der Waals surface area contributed by atoms with E-state index in [9.17, 15) is 4.79 Å². The van der Waals surface area contributed by atoms with Crippen LogP contribution in [0.1, 0.15) is 37.7 Å². The molecule has 1 atom stereocenters. The van der Waals surface area contributed by atoms with Crippen LogP contribution in [0.3, 0.4) is 0 Å². The monoisotopic (exact) mass is 245 g/mol. The lowest BCUT2D eigenvalue weighted by Crippen LogP contribution is -2.53. The van der Waals surface area contributed by atoms with E-state index in [-0.39, 0.29) is 17.6 Å². The number of hydrogen-bond acceptors (Lipinski definition) is 2. The van der Waals surface area contributed by atoms with E-state index >= 15 is 0 Å². The molecule has 1 saturated carbocycles. The van der Waals surface area contributed by atoms with Crippen molar-refractivity contribution in [3.8, 4) is 0 Å². The van der Waals surface area contributed by atoms with Crippen LogP contribution >= 0.6 is 0 Å². The molecule has 3 nitrogen and oxygen atoms in total. The van der Waals surface area contributed by atoms with E-state index in [0.29, 0.717) is 0 Å². The Morgan fingerprint density at radius 3 is 2.56 bits per heavy atom. The maximum atomic E-state index is 12.2. The first-order valence-electron chi connectivity index (χ1n) is 6.79. The third-order valence-corrected chi connectivity index (χ3v) is 4.12. The molecular formula is C15H19NO2. The zero-order valence-corrected chi connectivity index (χ0v) is 10.5. The summed E-state index contributed by atoms with van der Waals surface area (Å²) in [6.07, 6.45) is 4.88. The second-order valence-electron chi connectivity index (χ2n) is 5.29. The molecule has 0 radical (unpaired) electrons. The Hall–Kier alpha value is -1.35. The highest BCUT2D eigenvalue weighted by Crippen LogP contribution is 2.41. The van der Waals surface area contributed by atoms with E-state index in [1.807, 2.05) is 18.2 Å². The van der Waals surface area contributed by atoms with Crippen LogP contribution in [0, 0.1) is 0 Å². The van der Waals surface area contributed by atoms with Gasteiger partial charge in [-0.2, -0.15) is 0 Å². The van der Waals surface area contributed by atoms with Crippen molar-refractivity contribution in [3.63, 3.8) is 0 Å². The lowest BCUT2D eigenvalue weighted by atomic mass is 9.71. The molecule has 3 heteroatoms. The Morgan fingerprint density at radius 2 is 2.00 bits per heavy atom. The normalized spacial score (nSPS) is 25.4. The molecule has 1 unspecified atom stereocenters. The fourth-order valence-electron chi connectivity index (χ4n) is 2.87. The lowest BCUT2D eigenvalue weighted by Gasteiger charge is -2.43. The molecule has 1 saturated heterocycles. The van der Waals surface area contributed by atoms with E-state index in [2.05, 4.69) is 17.4 Å². The maximum Gasteiger partial charge on any atom is 0.249 e. The molecule has 0 aromatic heterocycles. The van der Waals surface area contributed by atoms with Gasteiger partial charge < -0.3 is 10.1 Å². The summed E-state index contributed by atoms with van der Waals surface area (Å²) in [4.78, 5) is 12.2. The Bertz CT molecular complexity index is 419. The van der Waals surface area contributed by atoms with Crippen LogP contribution in [-0.2, 0) is 15.1 Å². The summed E-state index contributed by atoms with van der Waals surface area (Å²) in [5.74, 6) is 0.0658. The zero-order valence-electron chi connectivity index (χ0n) is 10.5. The van der Waals surface area contributed by atoms with Crippen molar-refractivity contribution in [1.82, 2.24) is 5.32 Å². The third kappa shape index (κ3) is 2.03. The third-order valence-electron chi connectivity index (χ3n) is 4.12. The van der Waals surface area contributed by atoms with Crippen LogP contribution in [0.5, 0.6) is 0 Å². The molecule has 2 fully saturated rings. The summed E-state index contributed by atoms with van der Waals surface area (Å²) in [6.45, 7) is 0.719. The van der Waals surface area contributed by atoms with Crippen LogP contribution in [0.4, 0.5) is 0 Å². The smallest absolute Gasteiger partial charge is 0.249 e. The number of amides is 1. The first-order valence-corrected chi connectivity index (χ1v) is 6.79. The number of carbonyl (C=O) groups excluding carboxylic acids is 1. The van der Waals surface area contributed by atoms with Gasteiger partial charge in [0.05, 0.1) is 5.54 Å². The Labute approximate surface area is 108 Å². The van der Waals surface area contributed by atoms with Gasteiger partial charge in [-0.25, -0.2) is 0 Å². The highest BCUT2D eigenvalue weighted by molar-refractivity contribution is 5.82. The number of nitrogens with one attached hydrogen (secondary N) is 1. The quantitative estimate of drug-likeness (QED) is 0.887. The summed E-state index contributed by atoms with van der Waals surface area (Å²) >= 11 is 0. The molecule has 0 spiro atoms. The molecule has 1 N–H and O–H groups in total. The van der Waals surface area contributed by atoms with Crippen LogP contribution in [0.15, 0.2) is 30.3 Å². The van der Waals surface area contributed by atoms with Gasteiger partial charge in [0.2, 0.25) is 5.91 Å². The van der Waals surface area contributed by atoms with Gasteiger partial charge in [0.15, 0.2) is 0 Å². The standard InChI is InChI=1S/C15H19NO2/c17-14(13-8-4-11-18-13)16-15(9-5-10-15)12-6-2-1-3-7-12/h1-3,6-7,13H,4-5,8-11H2,(H,16,17). The van der Waals surface area contributed by atoms with Crippen LogP contribution < -0.4 is 5.32 Å². The summed E-state index contributed by atoms with van der Waals surface area (Å²) in [5, 5.41) is 3.22. The van der Waals surface area contributed by atoms with Crippen LogP contribution in [0.2, 0.25) is 0 Å². The van der Waals surface area contributed by atoms with Gasteiger partial charge in [0.25, 0.3) is 0 Å². The van der Waals surface area contributed by atoms with Gasteiger partial charge in [0, 0.05) is 6.61 Å². The van der Waals surface area contributed by atoms with Gasteiger partial charge in [-0.3, -0.25) is 4.79 Å². The van der Waals surface area contributed by atoms with Gasteiger partial charge in [-0.1, -0.05) is 30.3 Å². The van der Waals surface area contributed by atoms with Crippen LogP contribution in [0.25, 0.3) is 0 Å². The van der Waals surface area contributed by atoms with E-state index in [1.165, 1.54) is 12.0 Å². The average molecular weight is 245 g/mol. The topological polar surface area (TPSA) is 38.3 Å². The summed E-state index contributed by atoms with van der Waals surface area (Å²) < 4.78 is 5.45. The molecular weight excluding hydrogens is 226 g/mol. The Morgan fingerprint density at radius 1 is 1.22 bits per heavy atom. The SMILES string of the molecule is O=C(NC1(c2ccccc2)CCC1)C1CCCO1. The largest absolute Gasteiger partial charge is 0.368 e. The molecule has 3 rings (SSSR count). The summed E-state index contributed by atoms with van der Waals surface area (Å²) in [7, 11) is 0. The second-order valence-corrected chi connectivity index (χ2v) is 5.29. The molecule has 1 aliphatic heterocycles. The number of ether oxygens (including phenoxy) is 1. The number of benzene rings is 1. The van der Waals surface area contributed by atoms with E-state index in [0.717, 1.165) is 32.3 Å². The molecule has 1 aromatic carbocycles. The summed E-state index contributed by atoms with van der Waals surface area (Å²) in [6, 6.07) is 10.3. The number of rotatable bonds is 3. The van der Waals surface area contributed by atoms with Gasteiger partial charge in [-0.05, 0) is 37.7 Å². The van der Waals surface area contributed by atoms with E-state index in [4.69, 9.17) is 4.74 Å². The Balaban J connectivity index is 1.74. The van der Waals surface area contributed by atoms with Gasteiger partial charge >= 0.3 is 0 Å². The van der Waals surface area contributed by atoms with Crippen molar-refractivity contribution < 1.29 is 9.53 Å². The number of carbonyl (C=O) groups is 1. The predicted molar refractivity (Wildman–Crippen MR) is 69.1 cm³/mol. The van der Waals surface area contributed by atoms with Crippen LogP contribution in [-0.4, -0.2) is 18.6 Å². The van der Waals surface area contributed by atoms with Crippen molar-refractivity contribution in [2.75, 3.05) is 6.61 Å². The van der Waals surface area contributed by atoms with E-state index < -0.39 is 0 Å². The van der Waals surface area contributed by atoms with Crippen molar-refractivity contribution in [2.24, 2.45) is 0 Å². The fourth-order valence-corrected chi connectivity index (χ4v) is 2.87. The van der Waals surface area contributed by atoms with Crippen molar-refractivity contribution in [1.29, 1.82) is 0 Å². The van der Waals surface area contributed by atoms with Gasteiger partial charge in [-0.15, -0.1) is 0 Å². The number of hydrogen-bond donors (Lipinski definition) is 1. The first-order chi connectivity index (χ1) is 8.80. The van der Waals surface area contributed by atoms with Gasteiger partial charge in [0.1, 0.15) is 6.10 Å². The highest BCUT2D eigenvalue weighted by Gasteiger charge is 2.41. The molecule has 18 heavy (non-hydrogen) atoms. The first kappa shape index (κ1) is 11.7. The summed E-state index contributed by atoms with van der Waals surface area (Å²) in [5.41, 5.74) is 1.09. The molecule has 2 aliphatic rings. The molecule has 96 valence electrons. The second kappa shape index (κ2) is 4.73. The maximum absolute atomic E-state index is 12.2. The highest BCUT2D eigenvalue weighted by atomic mass is 16.5. The molecule has 1 amide bonds. The van der Waals surface area contributed by atoms with Crippen molar-refractivity contribution in [3.05, 3.63) is 35.9 Å². The lowest BCUT2D eigenvalue weighted by molar-refractivity contribution is -0.133.